The zero-order valence-corrected chi connectivity index (χ0v) is 8.56. The van der Waals surface area contributed by atoms with Gasteiger partial charge >= 0.3 is 0 Å². The minimum Gasteiger partial charge on any atom is -0.234 e. The van der Waals surface area contributed by atoms with Crippen molar-refractivity contribution in [3.05, 3.63) is 24.2 Å². The highest BCUT2D eigenvalue weighted by atomic mass is 32.2. The van der Waals surface area contributed by atoms with Gasteiger partial charge in [0.25, 0.3) is 0 Å². The molecule has 7 heteroatoms. The fourth-order valence-corrected chi connectivity index (χ4v) is 1.66. The van der Waals surface area contributed by atoms with E-state index in [1.54, 1.807) is 0 Å². The molecule has 15 heavy (non-hydrogen) atoms. The van der Waals surface area contributed by atoms with E-state index >= 15 is 0 Å². The van der Waals surface area contributed by atoms with Crippen LogP contribution in [0.25, 0.3) is 5.65 Å². The summed E-state index contributed by atoms with van der Waals surface area (Å²) < 4.78 is 23.7. The number of nitrogens with zero attached hydrogens (tertiary/aromatic N) is 4. The van der Waals surface area contributed by atoms with Crippen molar-refractivity contribution in [1.82, 2.24) is 14.6 Å². The first kappa shape index (κ1) is 9.61. The largest absolute Gasteiger partial charge is 0.234 e. The predicted octanol–water partition coefficient (Wildman–Crippen LogP) is 0.00448. The lowest BCUT2D eigenvalue weighted by molar-refractivity contribution is 0.600. The van der Waals surface area contributed by atoms with Crippen LogP contribution in [0.4, 0.5) is 0 Å². The van der Waals surface area contributed by atoms with Crippen LogP contribution in [-0.4, -0.2) is 29.3 Å². The number of nitriles is 1. The molecule has 0 N–H and O–H groups in total. The van der Waals surface area contributed by atoms with Gasteiger partial charge in [-0.05, 0) is 0 Å². The lowest BCUT2D eigenvalue weighted by atomic mass is 10.4. The molecule has 2 rings (SSSR count). The molecule has 0 aliphatic heterocycles. The van der Waals surface area contributed by atoms with Crippen molar-refractivity contribution in [2.24, 2.45) is 0 Å². The van der Waals surface area contributed by atoms with Gasteiger partial charge in [-0.15, -0.1) is 0 Å². The normalized spacial score (nSPS) is 11.5. The third-order valence-corrected chi connectivity index (χ3v) is 2.95. The maximum Gasteiger partial charge on any atom is 0.178 e. The van der Waals surface area contributed by atoms with Crippen LogP contribution >= 0.6 is 0 Å². The number of rotatable bonds is 1. The van der Waals surface area contributed by atoms with E-state index in [1.807, 2.05) is 6.07 Å². The summed E-state index contributed by atoms with van der Waals surface area (Å²) in [5.74, 6) is 0. The Hall–Kier alpha value is -1.94. The second kappa shape index (κ2) is 3.03. The van der Waals surface area contributed by atoms with Crippen molar-refractivity contribution in [3.8, 4) is 6.07 Å². The minimum absolute atomic E-state index is 0.0718. The van der Waals surface area contributed by atoms with Crippen LogP contribution in [0.2, 0.25) is 0 Å². The van der Waals surface area contributed by atoms with Crippen molar-refractivity contribution in [3.63, 3.8) is 0 Å². The first-order valence-corrected chi connectivity index (χ1v) is 5.85. The Balaban J connectivity index is 2.76. The molecule has 0 aliphatic rings. The van der Waals surface area contributed by atoms with E-state index in [2.05, 4.69) is 10.1 Å². The summed E-state index contributed by atoms with van der Waals surface area (Å²) in [7, 11) is -3.30. The molecule has 2 aromatic heterocycles. The molecule has 0 amide bonds. The Morgan fingerprint density at radius 3 is 2.80 bits per heavy atom. The van der Waals surface area contributed by atoms with Gasteiger partial charge in [0.1, 0.15) is 16.5 Å². The Kier molecular flexibility index (Phi) is 1.94. The van der Waals surface area contributed by atoms with E-state index < -0.39 is 9.84 Å². The summed E-state index contributed by atoms with van der Waals surface area (Å²) in [6.45, 7) is 0. The van der Waals surface area contributed by atoms with E-state index in [4.69, 9.17) is 5.26 Å². The van der Waals surface area contributed by atoms with Crippen LogP contribution in [0.1, 0.15) is 5.56 Å². The number of sulfone groups is 1. The summed E-state index contributed by atoms with van der Waals surface area (Å²) in [5.41, 5.74) is 0.667. The van der Waals surface area contributed by atoms with Gasteiger partial charge in [-0.1, -0.05) is 0 Å². The van der Waals surface area contributed by atoms with Crippen LogP contribution in [0.5, 0.6) is 0 Å². The Morgan fingerprint density at radius 2 is 2.20 bits per heavy atom. The number of fused-ring (bicyclic) bond motifs is 1. The molecule has 0 radical (unpaired) electrons. The molecule has 0 unspecified atom stereocenters. The number of aromatic nitrogens is 3. The van der Waals surface area contributed by atoms with Gasteiger partial charge in [0.05, 0.1) is 12.4 Å². The van der Waals surface area contributed by atoms with Gasteiger partial charge in [0.15, 0.2) is 15.5 Å². The van der Waals surface area contributed by atoms with E-state index in [0.717, 1.165) is 6.26 Å². The molecule has 0 aliphatic carbocycles. The maximum atomic E-state index is 11.2. The quantitative estimate of drug-likeness (QED) is 0.677. The molecule has 0 saturated carbocycles. The molecule has 0 bridgehead atoms. The van der Waals surface area contributed by atoms with Crippen molar-refractivity contribution in [1.29, 1.82) is 5.26 Å². The summed E-state index contributed by atoms with van der Waals surface area (Å²) in [6, 6.07) is 1.91. The zero-order chi connectivity index (χ0) is 11.1. The average Bonchev–Trinajstić information content (AvgIpc) is 2.58. The third kappa shape index (κ3) is 1.55. The van der Waals surface area contributed by atoms with E-state index in [-0.39, 0.29) is 4.90 Å². The maximum absolute atomic E-state index is 11.2. The Morgan fingerprint density at radius 1 is 1.47 bits per heavy atom. The van der Waals surface area contributed by atoms with Crippen molar-refractivity contribution in [2.75, 3.05) is 6.26 Å². The molecule has 2 heterocycles. The van der Waals surface area contributed by atoms with Crippen LogP contribution in [0.15, 0.2) is 23.5 Å². The van der Waals surface area contributed by atoms with E-state index in [9.17, 15) is 8.42 Å². The smallest absolute Gasteiger partial charge is 0.178 e. The van der Waals surface area contributed by atoms with Crippen molar-refractivity contribution in [2.45, 2.75) is 4.90 Å². The van der Waals surface area contributed by atoms with Crippen LogP contribution in [0, 0.1) is 11.3 Å². The summed E-state index contributed by atoms with van der Waals surface area (Å²) in [4.78, 5) is 3.95. The van der Waals surface area contributed by atoms with Gasteiger partial charge < -0.3 is 0 Å². The van der Waals surface area contributed by atoms with Crippen LogP contribution in [-0.2, 0) is 9.84 Å². The minimum atomic E-state index is -3.30. The second-order valence-electron chi connectivity index (χ2n) is 3.00. The van der Waals surface area contributed by atoms with Crippen molar-refractivity contribution < 1.29 is 8.42 Å². The molecule has 0 aromatic carbocycles. The van der Waals surface area contributed by atoms with Gasteiger partial charge in [0.2, 0.25) is 0 Å². The van der Waals surface area contributed by atoms with Crippen molar-refractivity contribution >= 4 is 15.5 Å². The molecule has 2 aromatic rings. The molecule has 0 fully saturated rings. The highest BCUT2D eigenvalue weighted by Gasteiger charge is 2.11. The van der Waals surface area contributed by atoms with Crippen LogP contribution < -0.4 is 0 Å². The van der Waals surface area contributed by atoms with Gasteiger partial charge in [0, 0.05) is 12.5 Å². The van der Waals surface area contributed by atoms with E-state index in [1.165, 1.54) is 23.1 Å². The van der Waals surface area contributed by atoms with Gasteiger partial charge in [-0.2, -0.15) is 10.4 Å². The van der Waals surface area contributed by atoms with E-state index in [0.29, 0.717) is 11.2 Å². The molecular weight excluding hydrogens is 216 g/mol. The lowest BCUT2D eigenvalue weighted by Crippen LogP contribution is -2.01. The fourth-order valence-electron chi connectivity index (χ4n) is 1.13. The summed E-state index contributed by atoms with van der Waals surface area (Å²) in [5, 5.41) is 12.5. The number of hydrogen-bond acceptors (Lipinski definition) is 5. The summed E-state index contributed by atoms with van der Waals surface area (Å²) >= 11 is 0. The standard InChI is InChI=1S/C8H6N4O2S/c1-15(13,14)7-4-10-8-6(2-9)3-11-12(8)5-7/h3-5H,1H3. The SMILES string of the molecule is CS(=O)(=O)c1cnc2c(C#N)cnn2c1. The topological polar surface area (TPSA) is 88.1 Å². The Bertz CT molecular complexity index is 665. The van der Waals surface area contributed by atoms with Gasteiger partial charge in [-0.25, -0.2) is 17.9 Å². The molecule has 0 atom stereocenters. The monoisotopic (exact) mass is 222 g/mol. The molecular formula is C8H6N4O2S. The fraction of sp³-hybridized carbons (Fsp3) is 0.125. The predicted molar refractivity (Wildman–Crippen MR) is 50.8 cm³/mol. The highest BCUT2D eigenvalue weighted by molar-refractivity contribution is 7.90. The highest BCUT2D eigenvalue weighted by Crippen LogP contribution is 2.10. The van der Waals surface area contributed by atoms with Crippen LogP contribution in [0.3, 0.4) is 0 Å². The first-order chi connectivity index (χ1) is 7.02. The average molecular weight is 222 g/mol. The van der Waals surface area contributed by atoms with Gasteiger partial charge in [-0.3, -0.25) is 0 Å². The number of hydrogen-bond donors (Lipinski definition) is 0. The zero-order valence-electron chi connectivity index (χ0n) is 7.75. The first-order valence-electron chi connectivity index (χ1n) is 3.96. The lowest BCUT2D eigenvalue weighted by Gasteiger charge is -1.97. The Labute approximate surface area is 85.7 Å². The second-order valence-corrected chi connectivity index (χ2v) is 5.02. The molecule has 0 saturated heterocycles. The molecule has 6 nitrogen and oxygen atoms in total. The summed E-state index contributed by atoms with van der Waals surface area (Å²) in [6.07, 6.45) is 4.98. The molecule has 0 spiro atoms. The third-order valence-electron chi connectivity index (χ3n) is 1.88. The molecule has 76 valence electrons.